The van der Waals surface area contributed by atoms with Crippen LogP contribution in [0.15, 0.2) is 59.8 Å². The van der Waals surface area contributed by atoms with Crippen molar-refractivity contribution >= 4 is 39.8 Å². The molecule has 0 aliphatic heterocycles. The molecule has 2 heterocycles. The van der Waals surface area contributed by atoms with Gasteiger partial charge >= 0.3 is 0 Å². The van der Waals surface area contributed by atoms with Crippen molar-refractivity contribution in [3.05, 3.63) is 70.5 Å². The maximum Gasteiger partial charge on any atom is 0.253 e. The number of rotatable bonds is 6. The Morgan fingerprint density at radius 3 is 2.68 bits per heavy atom. The third-order valence-electron chi connectivity index (χ3n) is 3.40. The Labute approximate surface area is 154 Å². The normalized spacial score (nSPS) is 10.9. The van der Waals surface area contributed by atoms with E-state index >= 15 is 0 Å². The largest absolute Gasteiger partial charge is 0.281 e. The SMILES string of the molecule is C=CCN(C(=O)/C=C/c1csc(C)n1)c1nc(-c2ccccc2)cs1. The molecule has 0 saturated heterocycles. The lowest BCUT2D eigenvalue weighted by molar-refractivity contribution is -0.114. The molecule has 4 nitrogen and oxygen atoms in total. The van der Waals surface area contributed by atoms with Crippen molar-refractivity contribution in [2.75, 3.05) is 11.4 Å². The minimum atomic E-state index is -0.139. The zero-order chi connectivity index (χ0) is 17.6. The average molecular weight is 367 g/mol. The summed E-state index contributed by atoms with van der Waals surface area (Å²) in [7, 11) is 0. The summed E-state index contributed by atoms with van der Waals surface area (Å²) in [5.74, 6) is -0.139. The average Bonchev–Trinajstić information content (AvgIpc) is 3.27. The van der Waals surface area contributed by atoms with Crippen LogP contribution >= 0.6 is 22.7 Å². The standard InChI is InChI=1S/C19H17N3OS2/c1-3-11-22(18(23)10-9-16-12-24-14(2)20-16)19-21-17(13-25-19)15-7-5-4-6-8-15/h3-10,12-13H,1,11H2,2H3/b10-9+. The highest BCUT2D eigenvalue weighted by atomic mass is 32.1. The maximum absolute atomic E-state index is 12.6. The number of benzene rings is 1. The number of amides is 1. The molecule has 0 spiro atoms. The summed E-state index contributed by atoms with van der Waals surface area (Å²) >= 11 is 3.00. The number of hydrogen-bond acceptors (Lipinski definition) is 5. The lowest BCUT2D eigenvalue weighted by Crippen LogP contribution is -2.29. The first-order valence-electron chi connectivity index (χ1n) is 7.71. The minimum Gasteiger partial charge on any atom is -0.281 e. The summed E-state index contributed by atoms with van der Waals surface area (Å²) in [6.07, 6.45) is 4.96. The molecule has 0 N–H and O–H groups in total. The van der Waals surface area contributed by atoms with Crippen molar-refractivity contribution in [3.63, 3.8) is 0 Å². The second kappa shape index (κ2) is 8.00. The lowest BCUT2D eigenvalue weighted by atomic mass is 10.2. The Hall–Kier alpha value is -2.57. The smallest absolute Gasteiger partial charge is 0.253 e. The van der Waals surface area contributed by atoms with Crippen LogP contribution in [-0.4, -0.2) is 22.4 Å². The molecule has 2 aromatic heterocycles. The third-order valence-corrected chi connectivity index (χ3v) is 5.06. The van der Waals surface area contributed by atoms with Crippen LogP contribution < -0.4 is 4.90 Å². The highest BCUT2D eigenvalue weighted by Gasteiger charge is 2.16. The molecule has 0 atom stereocenters. The molecule has 25 heavy (non-hydrogen) atoms. The van der Waals surface area contributed by atoms with Crippen molar-refractivity contribution in [1.82, 2.24) is 9.97 Å². The molecule has 0 aliphatic carbocycles. The molecule has 0 fully saturated rings. The van der Waals surface area contributed by atoms with Gasteiger partial charge < -0.3 is 0 Å². The molecule has 1 aromatic carbocycles. The van der Waals surface area contributed by atoms with Gasteiger partial charge in [0.2, 0.25) is 0 Å². The van der Waals surface area contributed by atoms with E-state index < -0.39 is 0 Å². The van der Waals surface area contributed by atoms with Crippen LogP contribution in [0.1, 0.15) is 10.7 Å². The number of carbonyl (C=O) groups excluding carboxylic acids is 1. The molecule has 3 aromatic rings. The Balaban J connectivity index is 1.81. The first kappa shape index (κ1) is 17.3. The number of anilines is 1. The quantitative estimate of drug-likeness (QED) is 0.464. The Bertz CT molecular complexity index is 896. The Morgan fingerprint density at radius 2 is 2.00 bits per heavy atom. The summed E-state index contributed by atoms with van der Waals surface area (Å²) in [6, 6.07) is 9.92. The van der Waals surface area contributed by atoms with Crippen LogP contribution in [0.25, 0.3) is 17.3 Å². The van der Waals surface area contributed by atoms with Gasteiger partial charge in [-0.3, -0.25) is 9.69 Å². The van der Waals surface area contributed by atoms with Gasteiger partial charge in [0.05, 0.1) is 16.4 Å². The van der Waals surface area contributed by atoms with Gasteiger partial charge in [-0.2, -0.15) is 0 Å². The van der Waals surface area contributed by atoms with E-state index in [9.17, 15) is 4.79 Å². The number of aryl methyl sites for hydroxylation is 1. The van der Waals surface area contributed by atoms with Crippen molar-refractivity contribution < 1.29 is 4.79 Å². The van der Waals surface area contributed by atoms with Crippen molar-refractivity contribution in [2.24, 2.45) is 0 Å². The van der Waals surface area contributed by atoms with Crippen LogP contribution in [0.5, 0.6) is 0 Å². The van der Waals surface area contributed by atoms with Crippen LogP contribution in [-0.2, 0) is 4.79 Å². The van der Waals surface area contributed by atoms with E-state index in [4.69, 9.17) is 0 Å². The molecule has 0 bridgehead atoms. The van der Waals surface area contributed by atoms with Crippen LogP contribution in [0.4, 0.5) is 5.13 Å². The fourth-order valence-corrected chi connectivity index (χ4v) is 3.65. The monoisotopic (exact) mass is 367 g/mol. The molecular formula is C19H17N3OS2. The van der Waals surface area contributed by atoms with Gasteiger partial charge in [-0.1, -0.05) is 36.4 Å². The molecule has 0 saturated carbocycles. The predicted octanol–water partition coefficient (Wildman–Crippen LogP) is 4.81. The summed E-state index contributed by atoms with van der Waals surface area (Å²) in [5, 5.41) is 5.51. The molecule has 0 unspecified atom stereocenters. The van der Waals surface area contributed by atoms with E-state index in [1.54, 1.807) is 28.4 Å². The minimum absolute atomic E-state index is 0.139. The zero-order valence-electron chi connectivity index (χ0n) is 13.8. The molecular weight excluding hydrogens is 350 g/mol. The van der Waals surface area contributed by atoms with E-state index in [1.165, 1.54) is 17.4 Å². The van der Waals surface area contributed by atoms with Crippen molar-refractivity contribution in [1.29, 1.82) is 0 Å². The first-order chi connectivity index (χ1) is 12.2. The maximum atomic E-state index is 12.6. The van der Waals surface area contributed by atoms with Gasteiger partial charge in [0.25, 0.3) is 5.91 Å². The number of aromatic nitrogens is 2. The summed E-state index contributed by atoms with van der Waals surface area (Å²) < 4.78 is 0. The van der Waals surface area contributed by atoms with E-state index in [0.29, 0.717) is 11.7 Å². The fraction of sp³-hybridized carbons (Fsp3) is 0.105. The molecule has 0 radical (unpaired) electrons. The number of carbonyl (C=O) groups is 1. The second-order valence-electron chi connectivity index (χ2n) is 5.24. The van der Waals surface area contributed by atoms with Gasteiger partial charge in [0, 0.05) is 28.9 Å². The number of nitrogens with zero attached hydrogens (tertiary/aromatic N) is 3. The molecule has 0 aliphatic rings. The Kier molecular flexibility index (Phi) is 5.53. The van der Waals surface area contributed by atoms with E-state index in [0.717, 1.165) is 22.0 Å². The first-order valence-corrected chi connectivity index (χ1v) is 9.47. The van der Waals surface area contributed by atoms with Crippen LogP contribution in [0.2, 0.25) is 0 Å². The van der Waals surface area contributed by atoms with Gasteiger partial charge in [-0.15, -0.1) is 29.3 Å². The van der Waals surface area contributed by atoms with Crippen LogP contribution in [0.3, 0.4) is 0 Å². The molecule has 6 heteroatoms. The Morgan fingerprint density at radius 1 is 1.20 bits per heavy atom. The van der Waals surface area contributed by atoms with Gasteiger partial charge in [0.15, 0.2) is 5.13 Å². The lowest BCUT2D eigenvalue weighted by Gasteiger charge is -2.15. The number of thiazole rings is 2. The van der Waals surface area contributed by atoms with Crippen molar-refractivity contribution in [3.8, 4) is 11.3 Å². The van der Waals surface area contributed by atoms with Crippen molar-refractivity contribution in [2.45, 2.75) is 6.92 Å². The second-order valence-corrected chi connectivity index (χ2v) is 7.14. The molecule has 3 rings (SSSR count). The third kappa shape index (κ3) is 4.29. The predicted molar refractivity (Wildman–Crippen MR) is 106 cm³/mol. The van der Waals surface area contributed by atoms with E-state index in [2.05, 4.69) is 16.5 Å². The summed E-state index contributed by atoms with van der Waals surface area (Å²) in [6.45, 7) is 6.09. The topological polar surface area (TPSA) is 46.1 Å². The fourth-order valence-electron chi connectivity index (χ4n) is 2.22. The highest BCUT2D eigenvalue weighted by Crippen LogP contribution is 2.27. The summed E-state index contributed by atoms with van der Waals surface area (Å²) in [4.78, 5) is 23.1. The van der Waals surface area contributed by atoms with Gasteiger partial charge in [-0.25, -0.2) is 9.97 Å². The van der Waals surface area contributed by atoms with Gasteiger partial charge in [0.1, 0.15) is 0 Å². The molecule has 1 amide bonds. The summed E-state index contributed by atoms with van der Waals surface area (Å²) in [5.41, 5.74) is 2.68. The van der Waals surface area contributed by atoms with E-state index in [1.807, 2.05) is 48.0 Å². The number of hydrogen-bond donors (Lipinski definition) is 0. The van der Waals surface area contributed by atoms with E-state index in [-0.39, 0.29) is 5.91 Å². The van der Waals surface area contributed by atoms with Crippen LogP contribution in [0, 0.1) is 6.92 Å². The van der Waals surface area contributed by atoms with Gasteiger partial charge in [-0.05, 0) is 13.0 Å². The highest BCUT2D eigenvalue weighted by molar-refractivity contribution is 7.14. The zero-order valence-corrected chi connectivity index (χ0v) is 15.4. The molecule has 126 valence electrons.